The Bertz CT molecular complexity index is 334. The van der Waals surface area contributed by atoms with Crippen LogP contribution in [0.2, 0.25) is 0 Å². The molecule has 6 heteroatoms. The number of carbonyl (C=O) groups is 2. The van der Waals surface area contributed by atoms with Crippen LogP contribution in [0.4, 0.5) is 0 Å². The predicted molar refractivity (Wildman–Crippen MR) is 68.6 cm³/mol. The maximum Gasteiger partial charge on any atom is 0.331 e. The molecule has 1 aliphatic heterocycles. The van der Waals surface area contributed by atoms with Gasteiger partial charge in [0.05, 0.1) is 13.7 Å². The Labute approximate surface area is 113 Å². The van der Waals surface area contributed by atoms with E-state index in [2.05, 4.69) is 10.6 Å². The Morgan fingerprint density at radius 3 is 2.63 bits per heavy atom. The van der Waals surface area contributed by atoms with Crippen molar-refractivity contribution in [2.45, 2.75) is 43.7 Å². The van der Waals surface area contributed by atoms with Crippen molar-refractivity contribution in [1.82, 2.24) is 10.6 Å². The summed E-state index contributed by atoms with van der Waals surface area (Å²) >= 11 is 0. The van der Waals surface area contributed by atoms with Gasteiger partial charge in [-0.1, -0.05) is 19.3 Å². The van der Waals surface area contributed by atoms with Crippen molar-refractivity contribution in [1.29, 1.82) is 0 Å². The zero-order valence-corrected chi connectivity index (χ0v) is 11.4. The van der Waals surface area contributed by atoms with Gasteiger partial charge in [0.2, 0.25) is 0 Å². The van der Waals surface area contributed by atoms with E-state index < -0.39 is 11.6 Å². The second kappa shape index (κ2) is 6.34. The molecule has 2 rings (SSSR count). The average molecular weight is 270 g/mol. The van der Waals surface area contributed by atoms with E-state index in [4.69, 9.17) is 9.47 Å². The fourth-order valence-corrected chi connectivity index (χ4v) is 2.78. The first-order valence-electron chi connectivity index (χ1n) is 6.91. The predicted octanol–water partition coefficient (Wildman–Crippen LogP) is -0.0331. The Morgan fingerprint density at radius 2 is 2.05 bits per heavy atom. The van der Waals surface area contributed by atoms with Crippen molar-refractivity contribution in [3.8, 4) is 0 Å². The maximum atomic E-state index is 12.2. The molecule has 2 fully saturated rings. The number of morpholine rings is 1. The smallest absolute Gasteiger partial charge is 0.331 e. The summed E-state index contributed by atoms with van der Waals surface area (Å²) in [5.41, 5.74) is -0.856. The number of nitrogens with one attached hydrogen (secondary N) is 2. The summed E-state index contributed by atoms with van der Waals surface area (Å²) in [5, 5.41) is 5.98. The van der Waals surface area contributed by atoms with Gasteiger partial charge in [-0.05, 0) is 12.8 Å². The van der Waals surface area contributed by atoms with E-state index >= 15 is 0 Å². The molecule has 1 aliphatic carbocycles. The summed E-state index contributed by atoms with van der Waals surface area (Å²) in [6.07, 6.45) is 3.73. The molecule has 0 aromatic heterocycles. The molecular weight excluding hydrogens is 248 g/mol. The van der Waals surface area contributed by atoms with Crippen LogP contribution in [-0.2, 0) is 19.1 Å². The number of hydrogen-bond acceptors (Lipinski definition) is 5. The van der Waals surface area contributed by atoms with E-state index in [-0.39, 0.29) is 11.9 Å². The van der Waals surface area contributed by atoms with Crippen molar-refractivity contribution in [3.05, 3.63) is 0 Å². The molecule has 0 spiro atoms. The van der Waals surface area contributed by atoms with Crippen molar-refractivity contribution in [2.75, 3.05) is 26.8 Å². The maximum absolute atomic E-state index is 12.2. The highest BCUT2D eigenvalue weighted by atomic mass is 16.5. The van der Waals surface area contributed by atoms with E-state index in [1.54, 1.807) is 0 Å². The molecule has 0 aromatic carbocycles. The van der Waals surface area contributed by atoms with Crippen molar-refractivity contribution >= 4 is 11.9 Å². The van der Waals surface area contributed by atoms with Gasteiger partial charge in [0, 0.05) is 13.1 Å². The molecule has 0 aromatic rings. The van der Waals surface area contributed by atoms with E-state index in [1.165, 1.54) is 7.11 Å². The Kier molecular flexibility index (Phi) is 4.76. The Balaban J connectivity index is 2.02. The van der Waals surface area contributed by atoms with Crippen LogP contribution in [0.15, 0.2) is 0 Å². The fourth-order valence-electron chi connectivity index (χ4n) is 2.78. The highest BCUT2D eigenvalue weighted by Gasteiger charge is 2.43. The molecule has 1 atom stereocenters. The molecule has 6 nitrogen and oxygen atoms in total. The largest absolute Gasteiger partial charge is 0.467 e. The molecule has 108 valence electrons. The zero-order valence-electron chi connectivity index (χ0n) is 11.4. The minimum absolute atomic E-state index is 0.223. The van der Waals surface area contributed by atoms with Gasteiger partial charge in [0.1, 0.15) is 11.6 Å². The molecule has 0 radical (unpaired) electrons. The lowest BCUT2D eigenvalue weighted by molar-refractivity contribution is -0.155. The summed E-state index contributed by atoms with van der Waals surface area (Å²) in [6.45, 7) is 1.76. The number of rotatable bonds is 3. The van der Waals surface area contributed by atoms with Gasteiger partial charge in [0.15, 0.2) is 0 Å². The lowest BCUT2D eigenvalue weighted by Crippen LogP contribution is -2.60. The van der Waals surface area contributed by atoms with Crippen LogP contribution in [0.25, 0.3) is 0 Å². The standard InChI is InChI=1S/C13H22N2O4/c1-18-12(17)13(5-3-2-4-6-13)15-11(16)10-9-14-7-8-19-10/h10,14H,2-9H2,1H3,(H,15,16). The molecular formula is C13H22N2O4. The minimum atomic E-state index is -0.856. The highest BCUT2D eigenvalue weighted by molar-refractivity contribution is 5.90. The number of esters is 1. The molecule has 1 saturated carbocycles. The van der Waals surface area contributed by atoms with E-state index in [0.29, 0.717) is 26.0 Å². The van der Waals surface area contributed by atoms with Gasteiger partial charge in [-0.2, -0.15) is 0 Å². The van der Waals surface area contributed by atoms with Crippen molar-refractivity contribution in [3.63, 3.8) is 0 Å². The summed E-state index contributed by atoms with van der Waals surface area (Å²) in [7, 11) is 1.36. The minimum Gasteiger partial charge on any atom is -0.467 e. The van der Waals surface area contributed by atoms with Crippen LogP contribution >= 0.6 is 0 Å². The molecule has 2 aliphatic rings. The third kappa shape index (κ3) is 3.25. The number of amides is 1. The molecule has 1 unspecified atom stereocenters. The van der Waals surface area contributed by atoms with Crippen LogP contribution in [-0.4, -0.2) is 50.3 Å². The molecule has 19 heavy (non-hydrogen) atoms. The lowest BCUT2D eigenvalue weighted by Gasteiger charge is -2.36. The van der Waals surface area contributed by atoms with Gasteiger partial charge >= 0.3 is 5.97 Å². The number of carbonyl (C=O) groups excluding carboxylic acids is 2. The third-order valence-electron chi connectivity index (χ3n) is 3.87. The SMILES string of the molecule is COC(=O)C1(NC(=O)C2CNCCO2)CCCCC1. The fraction of sp³-hybridized carbons (Fsp3) is 0.846. The van der Waals surface area contributed by atoms with E-state index in [9.17, 15) is 9.59 Å². The quantitative estimate of drug-likeness (QED) is 0.704. The Morgan fingerprint density at radius 1 is 1.32 bits per heavy atom. The Hall–Kier alpha value is -1.14. The number of hydrogen-bond donors (Lipinski definition) is 2. The lowest BCUT2D eigenvalue weighted by atomic mass is 9.81. The van der Waals surface area contributed by atoms with Crippen molar-refractivity contribution in [2.24, 2.45) is 0 Å². The second-order valence-electron chi connectivity index (χ2n) is 5.19. The molecule has 2 N–H and O–H groups in total. The van der Waals surface area contributed by atoms with Gasteiger partial charge in [-0.25, -0.2) is 4.79 Å². The summed E-state index contributed by atoms with van der Waals surface area (Å²) < 4.78 is 10.3. The first-order chi connectivity index (χ1) is 9.18. The number of methoxy groups -OCH3 is 1. The topological polar surface area (TPSA) is 76.7 Å². The average Bonchev–Trinajstić information content (AvgIpc) is 2.48. The second-order valence-corrected chi connectivity index (χ2v) is 5.19. The van der Waals surface area contributed by atoms with E-state index in [1.807, 2.05) is 0 Å². The summed E-state index contributed by atoms with van der Waals surface area (Å²) in [5.74, 6) is -0.566. The van der Waals surface area contributed by atoms with E-state index in [0.717, 1.165) is 25.8 Å². The molecule has 1 saturated heterocycles. The molecule has 0 bridgehead atoms. The van der Waals surface area contributed by atoms with Crippen LogP contribution in [0.5, 0.6) is 0 Å². The van der Waals surface area contributed by atoms with Crippen LogP contribution in [0, 0.1) is 0 Å². The normalized spacial score (nSPS) is 26.5. The first-order valence-corrected chi connectivity index (χ1v) is 6.91. The highest BCUT2D eigenvalue weighted by Crippen LogP contribution is 2.29. The summed E-state index contributed by atoms with van der Waals surface area (Å²) in [4.78, 5) is 24.2. The summed E-state index contributed by atoms with van der Waals surface area (Å²) in [6, 6.07) is 0. The molecule has 1 amide bonds. The van der Waals surface area contributed by atoms with Gasteiger partial charge < -0.3 is 20.1 Å². The first kappa shape index (κ1) is 14.3. The van der Waals surface area contributed by atoms with Gasteiger partial charge in [0.25, 0.3) is 5.91 Å². The van der Waals surface area contributed by atoms with Gasteiger partial charge in [-0.3, -0.25) is 4.79 Å². The monoisotopic (exact) mass is 270 g/mol. The third-order valence-corrected chi connectivity index (χ3v) is 3.87. The zero-order chi connectivity index (χ0) is 13.7. The van der Waals surface area contributed by atoms with Crippen molar-refractivity contribution < 1.29 is 19.1 Å². The van der Waals surface area contributed by atoms with Gasteiger partial charge in [-0.15, -0.1) is 0 Å². The number of ether oxygens (including phenoxy) is 2. The van der Waals surface area contributed by atoms with Crippen LogP contribution in [0.3, 0.4) is 0 Å². The molecule has 1 heterocycles. The van der Waals surface area contributed by atoms with Crippen LogP contribution in [0.1, 0.15) is 32.1 Å². The van der Waals surface area contributed by atoms with Crippen LogP contribution < -0.4 is 10.6 Å².